The van der Waals surface area contributed by atoms with Crippen LogP contribution in [0.5, 0.6) is 0 Å². The first-order valence-electron chi connectivity index (χ1n) is 11.0. The van der Waals surface area contributed by atoms with E-state index in [4.69, 9.17) is 9.82 Å². The molecule has 176 valence electrons. The Balaban J connectivity index is 1.15. The van der Waals surface area contributed by atoms with Gasteiger partial charge < -0.3 is 14.6 Å². The average molecular weight is 486 g/mol. The molecule has 1 atom stereocenters. The number of rotatable bonds is 2. The molecular formula is C22H21F2N7O2S. The van der Waals surface area contributed by atoms with Gasteiger partial charge in [-0.05, 0) is 24.6 Å². The van der Waals surface area contributed by atoms with Gasteiger partial charge in [0.2, 0.25) is 0 Å². The van der Waals surface area contributed by atoms with E-state index in [0.29, 0.717) is 44.8 Å². The molecule has 3 aromatic rings. The second kappa shape index (κ2) is 8.05. The number of thiazole rings is 1. The fraction of sp³-hybridized carbons (Fsp3) is 0.364. The number of hydrogen-bond acceptors (Lipinski definition) is 7. The third-order valence-electron chi connectivity index (χ3n) is 6.27. The molecule has 5 heterocycles. The summed E-state index contributed by atoms with van der Waals surface area (Å²) < 4.78 is 27.4. The van der Waals surface area contributed by atoms with Crippen molar-refractivity contribution in [2.45, 2.75) is 26.0 Å². The minimum absolute atomic E-state index is 0.269. The Morgan fingerprint density at radius 3 is 2.68 bits per heavy atom. The van der Waals surface area contributed by atoms with E-state index in [0.717, 1.165) is 33.0 Å². The number of nitrogens with zero attached hydrogens (tertiary/aromatic N) is 7. The summed E-state index contributed by atoms with van der Waals surface area (Å²) in [4.78, 5) is 30.2. The standard InChI is InChI=1S/C22H21F2N7O2S/c1-13-11-26-31-20(13)19-18(12-33-31)34-21(27-19)28-4-6-29(7-5-28)22(32)30-17(2-3-25-30)14-8-15(23)10-16(24)9-14/h3,8-11,17H,2,4-7,12H2,1H3/t17-/m0/s1. The van der Waals surface area contributed by atoms with E-state index in [1.54, 1.807) is 28.6 Å². The number of fused-ring (bicyclic) bond motifs is 3. The number of hydrazone groups is 1. The number of carbonyl (C=O) groups excluding carboxylic acids is 1. The molecule has 0 unspecified atom stereocenters. The van der Waals surface area contributed by atoms with Gasteiger partial charge in [0.05, 0.1) is 17.1 Å². The number of hydrogen-bond donors (Lipinski definition) is 0. The van der Waals surface area contributed by atoms with Crippen LogP contribution in [0.3, 0.4) is 0 Å². The van der Waals surface area contributed by atoms with Gasteiger partial charge in [-0.25, -0.2) is 23.6 Å². The number of carbonyl (C=O) groups is 1. The molecule has 9 nitrogen and oxygen atoms in total. The molecule has 0 bridgehead atoms. The molecular weight excluding hydrogens is 464 g/mol. The monoisotopic (exact) mass is 485 g/mol. The molecule has 34 heavy (non-hydrogen) atoms. The number of halogens is 2. The van der Waals surface area contributed by atoms with Crippen LogP contribution in [0.15, 0.2) is 29.5 Å². The first-order valence-corrected chi connectivity index (χ1v) is 11.8. The van der Waals surface area contributed by atoms with Crippen molar-refractivity contribution in [3.8, 4) is 11.4 Å². The minimum Gasteiger partial charge on any atom is -0.390 e. The molecule has 3 aliphatic rings. The van der Waals surface area contributed by atoms with Crippen molar-refractivity contribution in [3.63, 3.8) is 0 Å². The maximum Gasteiger partial charge on any atom is 0.341 e. The highest BCUT2D eigenvalue weighted by molar-refractivity contribution is 7.16. The zero-order valence-corrected chi connectivity index (χ0v) is 19.1. The predicted molar refractivity (Wildman–Crippen MR) is 122 cm³/mol. The molecule has 3 aliphatic heterocycles. The largest absolute Gasteiger partial charge is 0.390 e. The molecule has 1 saturated heterocycles. The maximum atomic E-state index is 13.7. The van der Waals surface area contributed by atoms with Gasteiger partial charge in [-0.15, -0.1) is 5.10 Å². The van der Waals surface area contributed by atoms with E-state index >= 15 is 0 Å². The smallest absolute Gasteiger partial charge is 0.341 e. The average Bonchev–Trinajstić information content (AvgIpc) is 3.56. The summed E-state index contributed by atoms with van der Waals surface area (Å²) in [6.07, 6.45) is 3.79. The normalized spacial score (nSPS) is 19.3. The number of aryl methyl sites for hydroxylation is 1. The highest BCUT2D eigenvalue weighted by atomic mass is 32.1. The fourth-order valence-corrected chi connectivity index (χ4v) is 5.56. The summed E-state index contributed by atoms with van der Waals surface area (Å²) in [5.41, 5.74) is 3.18. The van der Waals surface area contributed by atoms with Crippen molar-refractivity contribution in [3.05, 3.63) is 52.0 Å². The lowest BCUT2D eigenvalue weighted by molar-refractivity contribution is 0.0693. The minimum atomic E-state index is -0.669. The Bertz CT molecular complexity index is 1280. The lowest BCUT2D eigenvalue weighted by atomic mass is 10.0. The summed E-state index contributed by atoms with van der Waals surface area (Å²) in [6.45, 7) is 4.63. The lowest BCUT2D eigenvalue weighted by Gasteiger charge is -2.37. The summed E-state index contributed by atoms with van der Waals surface area (Å²) in [7, 11) is 0. The molecule has 12 heteroatoms. The highest BCUT2D eigenvalue weighted by Gasteiger charge is 2.34. The van der Waals surface area contributed by atoms with Gasteiger partial charge in [0.1, 0.15) is 23.0 Å². The molecule has 0 radical (unpaired) electrons. The summed E-state index contributed by atoms with van der Waals surface area (Å²) in [5.74, 6) is -1.34. The van der Waals surface area contributed by atoms with Crippen LogP contribution in [0.1, 0.15) is 28.5 Å². The van der Waals surface area contributed by atoms with Crippen LogP contribution in [-0.4, -0.2) is 63.3 Å². The number of aromatic nitrogens is 3. The van der Waals surface area contributed by atoms with Crippen LogP contribution in [0.25, 0.3) is 11.4 Å². The third kappa shape index (κ3) is 3.49. The zero-order valence-electron chi connectivity index (χ0n) is 18.3. The van der Waals surface area contributed by atoms with E-state index < -0.39 is 17.7 Å². The van der Waals surface area contributed by atoms with Gasteiger partial charge in [-0.1, -0.05) is 16.2 Å². The fourth-order valence-electron chi connectivity index (χ4n) is 4.54. The van der Waals surface area contributed by atoms with Gasteiger partial charge in [0.25, 0.3) is 0 Å². The summed E-state index contributed by atoms with van der Waals surface area (Å²) >= 11 is 1.59. The maximum absolute atomic E-state index is 13.7. The van der Waals surface area contributed by atoms with E-state index in [-0.39, 0.29) is 6.03 Å². The van der Waals surface area contributed by atoms with Crippen LogP contribution < -0.4 is 9.74 Å². The first kappa shape index (κ1) is 21.0. The van der Waals surface area contributed by atoms with E-state index in [1.807, 2.05) is 6.92 Å². The topological polar surface area (TPSA) is 79.1 Å². The van der Waals surface area contributed by atoms with Gasteiger partial charge in [0, 0.05) is 50.4 Å². The van der Waals surface area contributed by atoms with Crippen LogP contribution in [0, 0.1) is 18.6 Å². The zero-order chi connectivity index (χ0) is 23.4. The molecule has 6 rings (SSSR count). The van der Waals surface area contributed by atoms with E-state index in [2.05, 4.69) is 15.1 Å². The number of amides is 2. The number of benzene rings is 1. The number of anilines is 1. The van der Waals surface area contributed by atoms with Gasteiger partial charge in [-0.3, -0.25) is 0 Å². The number of piperazine rings is 1. The molecule has 1 fully saturated rings. The third-order valence-corrected chi connectivity index (χ3v) is 7.36. The lowest BCUT2D eigenvalue weighted by Crippen LogP contribution is -2.52. The van der Waals surface area contributed by atoms with Crippen LogP contribution in [-0.2, 0) is 6.61 Å². The molecule has 1 aromatic carbocycles. The van der Waals surface area contributed by atoms with Crippen LogP contribution in [0.4, 0.5) is 18.7 Å². The molecule has 2 aromatic heterocycles. The Kier molecular flexibility index (Phi) is 4.97. The van der Waals surface area contributed by atoms with Gasteiger partial charge in [-0.2, -0.15) is 5.10 Å². The van der Waals surface area contributed by atoms with Crippen molar-refractivity contribution in [2.75, 3.05) is 31.1 Å². The van der Waals surface area contributed by atoms with Crippen LogP contribution in [0.2, 0.25) is 0 Å². The van der Waals surface area contributed by atoms with Crippen molar-refractivity contribution in [1.29, 1.82) is 0 Å². The quantitative estimate of drug-likeness (QED) is 0.557. The molecule has 0 aliphatic carbocycles. The van der Waals surface area contributed by atoms with Crippen molar-refractivity contribution in [2.24, 2.45) is 5.10 Å². The van der Waals surface area contributed by atoms with Crippen molar-refractivity contribution in [1.82, 2.24) is 24.8 Å². The Morgan fingerprint density at radius 1 is 1.15 bits per heavy atom. The van der Waals surface area contributed by atoms with Gasteiger partial charge >= 0.3 is 6.03 Å². The molecule has 0 N–H and O–H groups in total. The molecule has 0 spiro atoms. The molecule has 2 amide bonds. The Morgan fingerprint density at radius 2 is 1.91 bits per heavy atom. The van der Waals surface area contributed by atoms with Gasteiger partial charge in [0.15, 0.2) is 11.7 Å². The van der Waals surface area contributed by atoms with Crippen LogP contribution >= 0.6 is 11.3 Å². The Labute approximate surface area is 197 Å². The summed E-state index contributed by atoms with van der Waals surface area (Å²) in [6, 6.07) is 2.54. The predicted octanol–water partition coefficient (Wildman–Crippen LogP) is 3.21. The second-order valence-electron chi connectivity index (χ2n) is 8.44. The number of urea groups is 1. The van der Waals surface area contributed by atoms with E-state index in [1.165, 1.54) is 22.0 Å². The van der Waals surface area contributed by atoms with Crippen molar-refractivity contribution < 1.29 is 18.4 Å². The summed E-state index contributed by atoms with van der Waals surface area (Å²) in [5, 5.41) is 10.6. The Hall–Kier alpha value is -3.54. The van der Waals surface area contributed by atoms with Crippen molar-refractivity contribution >= 4 is 28.7 Å². The van der Waals surface area contributed by atoms with E-state index in [9.17, 15) is 13.6 Å². The first-order chi connectivity index (χ1) is 16.5. The molecule has 0 saturated carbocycles. The highest BCUT2D eigenvalue weighted by Crippen LogP contribution is 2.37. The SMILES string of the molecule is Cc1cnn2c1-c1nc(N3CCN(C(=O)N4N=CC[C@H]4c4cc(F)cc(F)c4)CC3)sc1CO2. The second-order valence-corrected chi connectivity index (χ2v) is 9.51.